The summed E-state index contributed by atoms with van der Waals surface area (Å²) in [6.07, 6.45) is 3.05. The lowest BCUT2D eigenvalue weighted by Gasteiger charge is -2.31. The molecule has 0 saturated carbocycles. The number of rotatable bonds is 9. The minimum Gasteiger partial charge on any atom is -0.371 e. The summed E-state index contributed by atoms with van der Waals surface area (Å²) in [5.41, 5.74) is 0.149. The molecule has 10 heteroatoms. The number of benzene rings is 1. The van der Waals surface area contributed by atoms with Crippen LogP contribution in [-0.2, 0) is 9.59 Å². The van der Waals surface area contributed by atoms with E-state index < -0.39 is 23.7 Å². The highest BCUT2D eigenvalue weighted by Crippen LogP contribution is 2.25. The second-order valence-electron chi connectivity index (χ2n) is 9.27. The van der Waals surface area contributed by atoms with Gasteiger partial charge in [0.1, 0.15) is 11.9 Å². The van der Waals surface area contributed by atoms with Gasteiger partial charge in [-0.2, -0.15) is 0 Å². The van der Waals surface area contributed by atoms with Crippen LogP contribution >= 0.6 is 0 Å². The number of likely N-dealkylation sites (N-methyl/N-ethyl adjacent to an activating group) is 3. The Balaban J connectivity index is 1.71. The van der Waals surface area contributed by atoms with Crippen LogP contribution in [0.5, 0.6) is 0 Å². The SMILES string of the molecule is CN(CCN(C)c1cc(C(=O)N(C)C2CCC(=O)NC2=O)c(C=O)cc1F)CC1CCNCC1. The quantitative estimate of drug-likeness (QED) is 0.404. The maximum absolute atomic E-state index is 14.8. The molecule has 1 unspecified atom stereocenters. The van der Waals surface area contributed by atoms with Crippen molar-refractivity contribution in [3.8, 4) is 0 Å². The summed E-state index contributed by atoms with van der Waals surface area (Å²) in [5, 5.41) is 5.58. The van der Waals surface area contributed by atoms with Gasteiger partial charge < -0.3 is 20.0 Å². The van der Waals surface area contributed by atoms with Gasteiger partial charge in [-0.25, -0.2) is 4.39 Å². The first-order valence-corrected chi connectivity index (χ1v) is 11.7. The van der Waals surface area contributed by atoms with E-state index in [-0.39, 0.29) is 35.6 Å². The van der Waals surface area contributed by atoms with Gasteiger partial charge in [-0.15, -0.1) is 0 Å². The summed E-state index contributed by atoms with van der Waals surface area (Å²) in [4.78, 5) is 53.5. The van der Waals surface area contributed by atoms with Crippen molar-refractivity contribution < 1.29 is 23.6 Å². The van der Waals surface area contributed by atoms with Crippen molar-refractivity contribution >= 4 is 29.7 Å². The number of nitrogens with zero attached hydrogens (tertiary/aromatic N) is 3. The molecule has 3 rings (SSSR count). The van der Waals surface area contributed by atoms with Gasteiger partial charge in [0.05, 0.1) is 11.3 Å². The number of carbonyl (C=O) groups is 4. The van der Waals surface area contributed by atoms with Crippen LogP contribution in [0.3, 0.4) is 0 Å². The Labute approximate surface area is 199 Å². The molecule has 1 atom stereocenters. The number of imide groups is 1. The molecular weight excluding hydrogens is 441 g/mol. The Morgan fingerprint density at radius 1 is 1.12 bits per heavy atom. The normalized spacial score (nSPS) is 19.1. The number of hydrogen-bond donors (Lipinski definition) is 2. The fraction of sp³-hybridized carbons (Fsp3) is 0.583. The van der Waals surface area contributed by atoms with Gasteiger partial charge in [-0.05, 0) is 57.5 Å². The van der Waals surface area contributed by atoms with Crippen LogP contribution in [0.2, 0.25) is 0 Å². The fourth-order valence-electron chi connectivity index (χ4n) is 4.57. The van der Waals surface area contributed by atoms with Gasteiger partial charge in [0.15, 0.2) is 6.29 Å². The highest BCUT2D eigenvalue weighted by atomic mass is 19.1. The number of anilines is 1. The molecule has 2 fully saturated rings. The maximum Gasteiger partial charge on any atom is 0.255 e. The molecule has 2 N–H and O–H groups in total. The zero-order chi connectivity index (χ0) is 24.8. The average molecular weight is 476 g/mol. The van der Waals surface area contributed by atoms with Crippen LogP contribution in [0.15, 0.2) is 12.1 Å². The number of carbonyl (C=O) groups excluding carboxylic acids is 4. The van der Waals surface area contributed by atoms with Crippen LogP contribution in [0, 0.1) is 11.7 Å². The number of halogens is 1. The minimum absolute atomic E-state index is 0.0218. The molecule has 34 heavy (non-hydrogen) atoms. The number of piperidine rings is 2. The maximum atomic E-state index is 14.8. The number of nitrogens with one attached hydrogen (secondary N) is 2. The van der Waals surface area contributed by atoms with Gasteiger partial charge in [0.2, 0.25) is 11.8 Å². The Bertz CT molecular complexity index is 934. The lowest BCUT2D eigenvalue weighted by Crippen LogP contribution is -2.53. The van der Waals surface area contributed by atoms with E-state index >= 15 is 0 Å². The van der Waals surface area contributed by atoms with E-state index in [9.17, 15) is 23.6 Å². The Morgan fingerprint density at radius 2 is 1.82 bits per heavy atom. The standard InChI is InChI=1S/C24H34FN5O4/c1-28(14-16-6-8-26-9-7-16)10-11-29(2)21-13-18(17(15-31)12-19(21)25)24(34)30(3)20-4-5-22(32)27-23(20)33/h12-13,15-16,20,26H,4-11,14H2,1-3H3,(H,27,32,33). The smallest absolute Gasteiger partial charge is 0.255 e. The molecule has 1 aromatic carbocycles. The predicted octanol–water partition coefficient (Wildman–Crippen LogP) is 0.883. The highest BCUT2D eigenvalue weighted by Gasteiger charge is 2.33. The van der Waals surface area contributed by atoms with Crippen LogP contribution in [0.25, 0.3) is 0 Å². The average Bonchev–Trinajstić information content (AvgIpc) is 2.82. The molecule has 0 spiro atoms. The molecule has 2 aliphatic heterocycles. The van der Waals surface area contributed by atoms with E-state index in [0.717, 1.165) is 45.1 Å². The third-order valence-electron chi connectivity index (χ3n) is 6.73. The van der Waals surface area contributed by atoms with E-state index in [1.165, 1.54) is 18.0 Å². The molecule has 0 bridgehead atoms. The summed E-state index contributed by atoms with van der Waals surface area (Å²) in [5.74, 6) is -1.46. The zero-order valence-electron chi connectivity index (χ0n) is 20.1. The fourth-order valence-corrected chi connectivity index (χ4v) is 4.57. The van der Waals surface area contributed by atoms with Gasteiger partial charge in [0, 0.05) is 45.7 Å². The van der Waals surface area contributed by atoms with Gasteiger partial charge in [0.25, 0.3) is 5.91 Å². The van der Waals surface area contributed by atoms with Crippen LogP contribution in [-0.4, -0.2) is 93.7 Å². The van der Waals surface area contributed by atoms with Crippen molar-refractivity contribution in [1.82, 2.24) is 20.4 Å². The van der Waals surface area contributed by atoms with Crippen molar-refractivity contribution in [2.45, 2.75) is 31.7 Å². The van der Waals surface area contributed by atoms with E-state index in [0.29, 0.717) is 18.7 Å². The van der Waals surface area contributed by atoms with Crippen molar-refractivity contribution in [3.63, 3.8) is 0 Å². The van der Waals surface area contributed by atoms with Crippen molar-refractivity contribution in [2.75, 3.05) is 58.8 Å². The first-order valence-electron chi connectivity index (χ1n) is 11.7. The number of amides is 3. The molecule has 186 valence electrons. The Hall–Kier alpha value is -2.85. The first kappa shape index (κ1) is 25.8. The molecule has 3 amide bonds. The summed E-state index contributed by atoms with van der Waals surface area (Å²) < 4.78 is 14.8. The Morgan fingerprint density at radius 3 is 2.47 bits per heavy atom. The topological polar surface area (TPSA) is 102 Å². The first-order chi connectivity index (χ1) is 16.2. The predicted molar refractivity (Wildman–Crippen MR) is 126 cm³/mol. The lowest BCUT2D eigenvalue weighted by molar-refractivity contribution is -0.136. The molecule has 0 aromatic heterocycles. The second-order valence-corrected chi connectivity index (χ2v) is 9.27. The number of hydrogen-bond acceptors (Lipinski definition) is 7. The zero-order valence-corrected chi connectivity index (χ0v) is 20.1. The molecule has 2 heterocycles. The summed E-state index contributed by atoms with van der Waals surface area (Å²) >= 11 is 0. The minimum atomic E-state index is -0.834. The van der Waals surface area contributed by atoms with Crippen molar-refractivity contribution in [1.29, 1.82) is 0 Å². The van der Waals surface area contributed by atoms with Crippen LogP contribution in [0.1, 0.15) is 46.4 Å². The molecule has 2 saturated heterocycles. The van der Waals surface area contributed by atoms with Gasteiger partial charge >= 0.3 is 0 Å². The van der Waals surface area contributed by atoms with Crippen LogP contribution in [0.4, 0.5) is 10.1 Å². The molecular formula is C24H34FN5O4. The van der Waals surface area contributed by atoms with Crippen molar-refractivity contribution in [2.24, 2.45) is 5.92 Å². The molecule has 0 radical (unpaired) electrons. The monoisotopic (exact) mass is 475 g/mol. The largest absolute Gasteiger partial charge is 0.371 e. The van der Waals surface area contributed by atoms with Crippen LogP contribution < -0.4 is 15.5 Å². The number of aldehydes is 1. The van der Waals surface area contributed by atoms with E-state index in [4.69, 9.17) is 0 Å². The summed E-state index contributed by atoms with van der Waals surface area (Å²) in [6.45, 7) is 4.31. The van der Waals surface area contributed by atoms with E-state index in [1.54, 1.807) is 11.9 Å². The molecule has 2 aliphatic rings. The Kier molecular flexibility index (Phi) is 8.73. The second kappa shape index (κ2) is 11.5. The lowest BCUT2D eigenvalue weighted by atomic mass is 9.98. The third-order valence-corrected chi connectivity index (χ3v) is 6.73. The molecule has 9 nitrogen and oxygen atoms in total. The van der Waals surface area contributed by atoms with E-state index in [1.807, 2.05) is 7.05 Å². The van der Waals surface area contributed by atoms with Gasteiger partial charge in [-0.1, -0.05) is 0 Å². The molecule has 1 aromatic rings. The highest BCUT2D eigenvalue weighted by molar-refractivity contribution is 6.06. The van der Waals surface area contributed by atoms with E-state index in [2.05, 4.69) is 15.5 Å². The third kappa shape index (κ3) is 6.18. The summed E-state index contributed by atoms with van der Waals surface area (Å²) in [7, 11) is 5.24. The summed E-state index contributed by atoms with van der Waals surface area (Å²) in [6, 6.07) is 1.60. The van der Waals surface area contributed by atoms with Gasteiger partial charge in [-0.3, -0.25) is 24.5 Å². The molecule has 0 aliphatic carbocycles. The van der Waals surface area contributed by atoms with Crippen molar-refractivity contribution in [3.05, 3.63) is 29.1 Å².